The zero-order valence-electron chi connectivity index (χ0n) is 37.6. The van der Waals surface area contributed by atoms with Crippen LogP contribution in [0.15, 0.2) is 42.5 Å². The molecule has 2 aromatic carbocycles. The smallest absolute Gasteiger partial charge is 0.327 e. The zero-order chi connectivity index (χ0) is 49.1. The van der Waals surface area contributed by atoms with Gasteiger partial charge in [0.1, 0.15) is 47.6 Å². The summed E-state index contributed by atoms with van der Waals surface area (Å²) in [6, 6.07) is 4.65. The molecule has 21 heteroatoms. The van der Waals surface area contributed by atoms with Gasteiger partial charge in [0.25, 0.3) is 0 Å². The molecule has 2 aromatic rings. The SMILES string of the molecule is CC(=O)C(N)CCCCC(N)C(C)=O.CCC(=O)C(C)N.COC(=O)C(N)c1cc(C(N)C(=O)OC)cc(C(N)C(=O)OC)c1.COC(=O)C(N)c1ccccc1C(N)C(=O)OC. The maximum absolute atomic E-state index is 11.7. The summed E-state index contributed by atoms with van der Waals surface area (Å²) >= 11 is 0. The van der Waals surface area contributed by atoms with E-state index in [4.69, 9.17) is 45.9 Å². The lowest BCUT2D eigenvalue weighted by Crippen LogP contribution is -2.29. The summed E-state index contributed by atoms with van der Waals surface area (Å²) in [5.41, 5.74) is 47.0. The van der Waals surface area contributed by atoms with E-state index in [1.165, 1.54) is 67.6 Å². The molecular formula is C42H68N8O13. The molecule has 8 atom stereocenters. The first kappa shape index (κ1) is 59.6. The summed E-state index contributed by atoms with van der Waals surface area (Å²) in [5.74, 6) is -3.13. The highest BCUT2D eigenvalue weighted by Crippen LogP contribution is 2.25. The van der Waals surface area contributed by atoms with Gasteiger partial charge in [0, 0.05) is 6.42 Å². The fourth-order valence-corrected chi connectivity index (χ4v) is 5.07. The van der Waals surface area contributed by atoms with Gasteiger partial charge in [-0.15, -0.1) is 0 Å². The van der Waals surface area contributed by atoms with Crippen molar-refractivity contribution in [2.45, 2.75) is 108 Å². The lowest BCUT2D eigenvalue weighted by molar-refractivity contribution is -0.143. The topological polar surface area (TPSA) is 391 Å². The van der Waals surface area contributed by atoms with E-state index in [0.717, 1.165) is 12.8 Å². The number of rotatable bonds is 19. The molecule has 354 valence electrons. The molecule has 0 saturated heterocycles. The normalized spacial score (nSPS) is 14.1. The van der Waals surface area contributed by atoms with Gasteiger partial charge in [-0.25, -0.2) is 0 Å². The Bertz CT molecular complexity index is 1650. The molecule has 0 fully saturated rings. The second kappa shape index (κ2) is 31.3. The van der Waals surface area contributed by atoms with Crippen molar-refractivity contribution in [3.63, 3.8) is 0 Å². The molecule has 16 N–H and O–H groups in total. The number of benzene rings is 2. The number of ketones is 3. The fourth-order valence-electron chi connectivity index (χ4n) is 5.07. The summed E-state index contributed by atoms with van der Waals surface area (Å²) in [7, 11) is 6.05. The number of ether oxygens (including phenoxy) is 5. The molecular weight excluding hydrogens is 825 g/mol. The summed E-state index contributed by atoms with van der Waals surface area (Å²) < 4.78 is 22.9. The highest BCUT2D eigenvalue weighted by atomic mass is 16.5. The molecule has 63 heavy (non-hydrogen) atoms. The van der Waals surface area contributed by atoms with Crippen LogP contribution in [0.1, 0.15) is 118 Å². The van der Waals surface area contributed by atoms with Crippen molar-refractivity contribution >= 4 is 47.2 Å². The maximum Gasteiger partial charge on any atom is 0.327 e. The van der Waals surface area contributed by atoms with Crippen molar-refractivity contribution in [1.29, 1.82) is 0 Å². The van der Waals surface area contributed by atoms with E-state index in [0.29, 0.717) is 30.4 Å². The predicted molar refractivity (Wildman–Crippen MR) is 232 cm³/mol. The maximum atomic E-state index is 11.7. The Hall–Kier alpha value is -5.52. The summed E-state index contributed by atoms with van der Waals surface area (Å²) in [4.78, 5) is 89.8. The number of hydrogen-bond acceptors (Lipinski definition) is 21. The van der Waals surface area contributed by atoms with Crippen molar-refractivity contribution < 1.29 is 62.0 Å². The quantitative estimate of drug-likeness (QED) is 0.0520. The van der Waals surface area contributed by atoms with Crippen molar-refractivity contribution in [2.24, 2.45) is 45.9 Å². The van der Waals surface area contributed by atoms with Crippen molar-refractivity contribution in [3.8, 4) is 0 Å². The standard InChI is InChI=1S/C15H21N3O6.C12H16N2O4.C10H20N2O2.C5H11NO/c1-22-13(19)10(16)7-4-8(11(17)14(20)23-2)6-9(5-7)12(18)15(21)24-3;1-17-11(15)9(13)7-5-3-4-6-8(7)10(14)12(16)18-2;1-7(13)9(11)5-3-4-6-10(12)8(2)14;1-3-5(7)4(2)6/h4-6,10-12H,16-18H2,1-3H3;3-6,9-10H,13-14H2,1-2H3;9-10H,3-6,11-12H2,1-2H3;4H,3,6H2,1-2H3. The largest absolute Gasteiger partial charge is 0.468 e. The molecule has 0 heterocycles. The number of carbonyl (C=O) groups is 8. The number of nitrogens with two attached hydrogens (primary N) is 8. The highest BCUT2D eigenvalue weighted by molar-refractivity contribution is 5.84. The van der Waals surface area contributed by atoms with Crippen LogP contribution in [0.25, 0.3) is 0 Å². The van der Waals surface area contributed by atoms with Crippen LogP contribution < -0.4 is 45.9 Å². The molecule has 0 aliphatic carbocycles. The molecule has 2 rings (SSSR count). The molecule has 21 nitrogen and oxygen atoms in total. The number of hydrogen-bond donors (Lipinski definition) is 8. The van der Waals surface area contributed by atoms with E-state index in [1.807, 2.05) is 6.92 Å². The first-order chi connectivity index (χ1) is 29.4. The van der Waals surface area contributed by atoms with Crippen LogP contribution in [0.5, 0.6) is 0 Å². The third kappa shape index (κ3) is 21.4. The van der Waals surface area contributed by atoms with Crippen LogP contribution >= 0.6 is 0 Å². The van der Waals surface area contributed by atoms with Crippen LogP contribution in [0, 0.1) is 0 Å². The van der Waals surface area contributed by atoms with Crippen molar-refractivity contribution in [1.82, 2.24) is 0 Å². The van der Waals surface area contributed by atoms with E-state index in [1.54, 1.807) is 31.2 Å². The molecule has 0 aromatic heterocycles. The second-order valence-electron chi connectivity index (χ2n) is 13.9. The van der Waals surface area contributed by atoms with Crippen LogP contribution in [0.3, 0.4) is 0 Å². The van der Waals surface area contributed by atoms with E-state index in [9.17, 15) is 38.4 Å². The predicted octanol–water partition coefficient (Wildman–Crippen LogP) is -0.0707. The summed E-state index contributed by atoms with van der Waals surface area (Å²) in [5, 5.41) is 0. The van der Waals surface area contributed by atoms with E-state index in [-0.39, 0.29) is 52.2 Å². The van der Waals surface area contributed by atoms with Gasteiger partial charge in [-0.1, -0.05) is 62.2 Å². The first-order valence-corrected chi connectivity index (χ1v) is 19.6. The Balaban J connectivity index is 0. The van der Waals surface area contributed by atoms with Crippen LogP contribution in [-0.4, -0.2) is 101 Å². The van der Waals surface area contributed by atoms with Crippen molar-refractivity contribution in [3.05, 3.63) is 70.3 Å². The minimum Gasteiger partial charge on any atom is -0.468 e. The highest BCUT2D eigenvalue weighted by Gasteiger charge is 2.27. The number of carbonyl (C=O) groups excluding carboxylic acids is 8. The zero-order valence-corrected chi connectivity index (χ0v) is 37.6. The van der Waals surface area contributed by atoms with Crippen LogP contribution in [-0.2, 0) is 62.0 Å². The van der Waals surface area contributed by atoms with Crippen LogP contribution in [0.4, 0.5) is 0 Å². The lowest BCUT2D eigenvalue weighted by Gasteiger charge is -2.18. The number of methoxy groups -OCH3 is 5. The average Bonchev–Trinajstić information content (AvgIpc) is 3.29. The molecule has 0 spiro atoms. The van der Waals surface area contributed by atoms with Gasteiger partial charge in [0.05, 0.1) is 53.7 Å². The Labute approximate surface area is 368 Å². The van der Waals surface area contributed by atoms with Gasteiger partial charge in [-0.05, 0) is 61.4 Å². The minimum atomic E-state index is -1.14. The van der Waals surface area contributed by atoms with E-state index >= 15 is 0 Å². The number of Topliss-reactive ketones (excluding diaryl/α,β-unsaturated/α-hetero) is 3. The van der Waals surface area contributed by atoms with Gasteiger partial charge in [0.2, 0.25) is 0 Å². The number of esters is 5. The lowest BCUT2D eigenvalue weighted by atomic mass is 9.94. The Kier molecular flexibility index (Phi) is 29.6. The Morgan fingerprint density at radius 3 is 0.921 bits per heavy atom. The van der Waals surface area contributed by atoms with Gasteiger partial charge in [-0.2, -0.15) is 0 Å². The Morgan fingerprint density at radius 1 is 0.476 bits per heavy atom. The third-order valence-electron chi connectivity index (χ3n) is 9.20. The second-order valence-corrected chi connectivity index (χ2v) is 13.9. The first-order valence-electron chi connectivity index (χ1n) is 19.6. The van der Waals surface area contributed by atoms with E-state index < -0.39 is 60.1 Å². The summed E-state index contributed by atoms with van der Waals surface area (Å²) in [6.45, 7) is 6.50. The van der Waals surface area contributed by atoms with Crippen LogP contribution in [0.2, 0.25) is 0 Å². The number of unbranched alkanes of at least 4 members (excludes halogenated alkanes) is 1. The average molecular weight is 893 g/mol. The molecule has 8 unspecified atom stereocenters. The molecule has 0 saturated carbocycles. The summed E-state index contributed by atoms with van der Waals surface area (Å²) in [6.07, 6.45) is 3.61. The van der Waals surface area contributed by atoms with E-state index in [2.05, 4.69) is 23.7 Å². The monoisotopic (exact) mass is 892 g/mol. The molecule has 0 bridgehead atoms. The minimum absolute atomic E-state index is 0.0147. The molecule has 0 aliphatic rings. The molecule has 0 aliphatic heterocycles. The van der Waals surface area contributed by atoms with Gasteiger partial charge in [-0.3, -0.25) is 38.4 Å². The fraction of sp³-hybridized carbons (Fsp3) is 0.524. The third-order valence-corrected chi connectivity index (χ3v) is 9.20. The van der Waals surface area contributed by atoms with Gasteiger partial charge >= 0.3 is 29.8 Å². The van der Waals surface area contributed by atoms with Gasteiger partial charge in [0.15, 0.2) is 0 Å². The van der Waals surface area contributed by atoms with Gasteiger partial charge < -0.3 is 69.6 Å². The molecule has 0 amide bonds. The molecule has 0 radical (unpaired) electrons. The van der Waals surface area contributed by atoms with Crippen molar-refractivity contribution in [2.75, 3.05) is 35.5 Å². The Morgan fingerprint density at radius 2 is 0.730 bits per heavy atom.